The molecule has 2 rings (SSSR count). The fourth-order valence-corrected chi connectivity index (χ4v) is 2.68. The van der Waals surface area contributed by atoms with E-state index in [1.54, 1.807) is 0 Å². The maximum atomic E-state index is 5.25. The van der Waals surface area contributed by atoms with Crippen molar-refractivity contribution in [1.82, 2.24) is 10.2 Å². The van der Waals surface area contributed by atoms with E-state index in [0.29, 0.717) is 10.1 Å². The van der Waals surface area contributed by atoms with Gasteiger partial charge in [-0.25, -0.2) is 5.10 Å². The van der Waals surface area contributed by atoms with E-state index in [1.165, 1.54) is 18.6 Å². The van der Waals surface area contributed by atoms with Crippen LogP contribution < -0.4 is 0 Å². The summed E-state index contributed by atoms with van der Waals surface area (Å²) in [5.74, 6) is 1.98. The van der Waals surface area contributed by atoms with Gasteiger partial charge < -0.3 is 4.42 Å². The molecule has 1 aliphatic rings. The van der Waals surface area contributed by atoms with E-state index in [1.807, 2.05) is 11.8 Å². The molecule has 1 aliphatic heterocycles. The van der Waals surface area contributed by atoms with Crippen LogP contribution in [0.2, 0.25) is 0 Å². The summed E-state index contributed by atoms with van der Waals surface area (Å²) in [6.45, 7) is 0. The number of nitrogens with one attached hydrogen (secondary N) is 1. The zero-order chi connectivity index (χ0) is 8.39. The summed E-state index contributed by atoms with van der Waals surface area (Å²) >= 11 is 6.72. The number of hydrogen-bond acceptors (Lipinski definition) is 4. The first kappa shape index (κ1) is 8.31. The van der Waals surface area contributed by atoms with Crippen molar-refractivity contribution in [2.75, 3.05) is 5.75 Å². The predicted octanol–water partition coefficient (Wildman–Crippen LogP) is 2.69. The summed E-state index contributed by atoms with van der Waals surface area (Å²) in [5, 5.41) is 7.10. The second-order valence-electron chi connectivity index (χ2n) is 2.81. The van der Waals surface area contributed by atoms with Crippen molar-refractivity contribution in [3.63, 3.8) is 0 Å². The molecule has 0 amide bonds. The molecule has 1 aromatic rings. The number of H-pyrrole nitrogens is 1. The van der Waals surface area contributed by atoms with Gasteiger partial charge in [0.05, 0.1) is 5.25 Å². The lowest BCUT2D eigenvalue weighted by molar-refractivity contribution is 0.462. The van der Waals surface area contributed by atoms with E-state index in [2.05, 4.69) is 10.2 Å². The first-order chi connectivity index (χ1) is 5.86. The maximum Gasteiger partial charge on any atom is 0.284 e. The van der Waals surface area contributed by atoms with Gasteiger partial charge in [-0.05, 0) is 30.8 Å². The van der Waals surface area contributed by atoms with Crippen LogP contribution in [-0.4, -0.2) is 16.0 Å². The number of hydrogen-bond donors (Lipinski definition) is 1. The molecule has 0 bridgehead atoms. The Morgan fingerprint density at radius 1 is 1.58 bits per heavy atom. The van der Waals surface area contributed by atoms with Crippen LogP contribution in [-0.2, 0) is 0 Å². The van der Waals surface area contributed by atoms with E-state index in [-0.39, 0.29) is 0 Å². The summed E-state index contributed by atoms with van der Waals surface area (Å²) in [6, 6.07) is 0. The van der Waals surface area contributed by atoms with E-state index in [9.17, 15) is 0 Å². The van der Waals surface area contributed by atoms with E-state index >= 15 is 0 Å². The Balaban J connectivity index is 2.13. The lowest BCUT2D eigenvalue weighted by atomic mass is 10.2. The van der Waals surface area contributed by atoms with Gasteiger partial charge in [0.1, 0.15) is 0 Å². The van der Waals surface area contributed by atoms with E-state index < -0.39 is 0 Å². The average Bonchev–Trinajstić information content (AvgIpc) is 2.54. The molecule has 5 heteroatoms. The molecule has 0 aliphatic carbocycles. The zero-order valence-electron chi connectivity index (χ0n) is 6.58. The fraction of sp³-hybridized carbons (Fsp3) is 0.714. The topological polar surface area (TPSA) is 41.8 Å². The number of aromatic nitrogens is 2. The SMILES string of the molecule is S=c1[nH]nc(C2CCCCS2)o1. The molecule has 66 valence electrons. The van der Waals surface area contributed by atoms with E-state index in [0.717, 1.165) is 12.3 Å². The summed E-state index contributed by atoms with van der Waals surface area (Å²) in [7, 11) is 0. The molecule has 2 heterocycles. The van der Waals surface area contributed by atoms with Crippen molar-refractivity contribution >= 4 is 24.0 Å². The minimum absolute atomic E-state index is 0.385. The lowest BCUT2D eigenvalue weighted by Gasteiger charge is -2.16. The molecule has 0 saturated carbocycles. The van der Waals surface area contributed by atoms with Crippen molar-refractivity contribution < 1.29 is 4.42 Å². The highest BCUT2D eigenvalue weighted by Gasteiger charge is 2.20. The molecule has 1 atom stereocenters. The highest BCUT2D eigenvalue weighted by atomic mass is 32.2. The van der Waals surface area contributed by atoms with Gasteiger partial charge in [0.15, 0.2) is 0 Å². The highest BCUT2D eigenvalue weighted by molar-refractivity contribution is 7.99. The van der Waals surface area contributed by atoms with Gasteiger partial charge in [0, 0.05) is 0 Å². The van der Waals surface area contributed by atoms with Crippen LogP contribution in [0.4, 0.5) is 0 Å². The maximum absolute atomic E-state index is 5.25. The monoisotopic (exact) mass is 202 g/mol. The normalized spacial score (nSPS) is 24.2. The molecular formula is C7H10N2OS2. The smallest absolute Gasteiger partial charge is 0.284 e. The van der Waals surface area contributed by atoms with Crippen LogP contribution in [0, 0.1) is 4.84 Å². The summed E-state index contributed by atoms with van der Waals surface area (Å²) in [5.41, 5.74) is 0. The third kappa shape index (κ3) is 1.72. The quantitative estimate of drug-likeness (QED) is 0.711. The minimum Gasteiger partial charge on any atom is -0.413 e. The average molecular weight is 202 g/mol. The molecule has 1 unspecified atom stereocenters. The first-order valence-electron chi connectivity index (χ1n) is 4.03. The lowest BCUT2D eigenvalue weighted by Crippen LogP contribution is -2.02. The third-order valence-corrected chi connectivity index (χ3v) is 3.45. The predicted molar refractivity (Wildman–Crippen MR) is 50.7 cm³/mol. The second kappa shape index (κ2) is 3.62. The first-order valence-corrected chi connectivity index (χ1v) is 5.49. The molecule has 3 nitrogen and oxygen atoms in total. The van der Waals surface area contributed by atoms with Crippen LogP contribution in [0.1, 0.15) is 30.4 Å². The van der Waals surface area contributed by atoms with Gasteiger partial charge in [-0.2, -0.15) is 0 Å². The Kier molecular flexibility index (Phi) is 2.51. The van der Waals surface area contributed by atoms with Gasteiger partial charge in [-0.1, -0.05) is 6.42 Å². The summed E-state index contributed by atoms with van der Waals surface area (Å²) < 4.78 is 5.25. The minimum atomic E-state index is 0.385. The second-order valence-corrected chi connectivity index (χ2v) is 4.49. The summed E-state index contributed by atoms with van der Waals surface area (Å²) in [4.78, 5) is 0.385. The Bertz CT molecular complexity index is 300. The third-order valence-electron chi connectivity index (χ3n) is 1.91. The number of thioether (sulfide) groups is 1. The van der Waals surface area contributed by atoms with Crippen LogP contribution >= 0.6 is 24.0 Å². The largest absolute Gasteiger partial charge is 0.413 e. The molecule has 1 N–H and O–H groups in total. The van der Waals surface area contributed by atoms with Gasteiger partial charge in [0.25, 0.3) is 4.84 Å². The van der Waals surface area contributed by atoms with Gasteiger partial charge in [0.2, 0.25) is 5.89 Å². The van der Waals surface area contributed by atoms with Crippen molar-refractivity contribution in [3.05, 3.63) is 10.7 Å². The summed E-state index contributed by atoms with van der Waals surface area (Å²) in [6.07, 6.45) is 3.74. The van der Waals surface area contributed by atoms with Crippen LogP contribution in [0.5, 0.6) is 0 Å². The van der Waals surface area contributed by atoms with Crippen molar-refractivity contribution in [3.8, 4) is 0 Å². The molecule has 1 fully saturated rings. The van der Waals surface area contributed by atoms with Gasteiger partial charge in [-0.15, -0.1) is 16.9 Å². The van der Waals surface area contributed by atoms with Crippen molar-refractivity contribution in [2.24, 2.45) is 0 Å². The number of aromatic amines is 1. The molecule has 0 aromatic carbocycles. The van der Waals surface area contributed by atoms with Gasteiger partial charge in [-0.3, -0.25) is 0 Å². The molecular weight excluding hydrogens is 192 g/mol. The van der Waals surface area contributed by atoms with Crippen molar-refractivity contribution in [2.45, 2.75) is 24.5 Å². The highest BCUT2D eigenvalue weighted by Crippen LogP contribution is 2.36. The molecule has 12 heavy (non-hydrogen) atoms. The number of nitrogens with zero attached hydrogens (tertiary/aromatic N) is 1. The van der Waals surface area contributed by atoms with Gasteiger partial charge >= 0.3 is 0 Å². The van der Waals surface area contributed by atoms with E-state index in [4.69, 9.17) is 16.6 Å². The Morgan fingerprint density at radius 3 is 3.08 bits per heavy atom. The molecule has 0 spiro atoms. The van der Waals surface area contributed by atoms with Crippen LogP contribution in [0.25, 0.3) is 0 Å². The number of rotatable bonds is 1. The van der Waals surface area contributed by atoms with Crippen LogP contribution in [0.3, 0.4) is 0 Å². The Morgan fingerprint density at radius 2 is 2.50 bits per heavy atom. The standard InChI is InChI=1S/C7H10N2OS2/c11-7-9-8-6(10-7)5-3-1-2-4-12-5/h5H,1-4H2,(H,9,11). The Hall–Kier alpha value is -0.290. The Labute approximate surface area is 79.9 Å². The molecule has 1 aromatic heterocycles. The molecule has 0 radical (unpaired) electrons. The zero-order valence-corrected chi connectivity index (χ0v) is 8.21. The van der Waals surface area contributed by atoms with Crippen molar-refractivity contribution in [1.29, 1.82) is 0 Å². The molecule has 1 saturated heterocycles. The fourth-order valence-electron chi connectivity index (χ4n) is 1.31. The van der Waals surface area contributed by atoms with Crippen LogP contribution in [0.15, 0.2) is 4.42 Å².